The molecule has 11 nitrogen and oxygen atoms in total. The van der Waals surface area contributed by atoms with E-state index in [1.165, 1.54) is 6.20 Å². The number of amides is 1. The van der Waals surface area contributed by atoms with Gasteiger partial charge in [-0.3, -0.25) is 9.59 Å². The van der Waals surface area contributed by atoms with Crippen molar-refractivity contribution in [2.24, 2.45) is 0 Å². The molecular weight excluding hydrogens is 460 g/mol. The average Bonchev–Trinajstić information content (AvgIpc) is 2.87. The number of hydrogen-bond donors (Lipinski definition) is 4. The van der Waals surface area contributed by atoms with E-state index in [0.29, 0.717) is 29.5 Å². The number of fused-ring (bicyclic) bond motifs is 1. The number of carbonyl (C=O) groups excluding carboxylic acids is 1. The van der Waals surface area contributed by atoms with Crippen LogP contribution in [-0.2, 0) is 0 Å². The Bertz CT molecular complexity index is 1320. The Hall–Kier alpha value is -4.12. The van der Waals surface area contributed by atoms with Crippen LogP contribution in [0.4, 0.5) is 28.6 Å². The molecule has 1 unspecified atom stereocenters. The minimum Gasteiger partial charge on any atom is -0.471 e. The van der Waals surface area contributed by atoms with Gasteiger partial charge >= 0.3 is 0 Å². The molecule has 188 valence electrons. The van der Waals surface area contributed by atoms with Crippen molar-refractivity contribution in [3.8, 4) is 5.88 Å². The molecule has 0 aromatic carbocycles. The molecule has 0 spiro atoms. The van der Waals surface area contributed by atoms with Crippen LogP contribution >= 0.6 is 0 Å². The molecule has 3 aromatic heterocycles. The lowest BCUT2D eigenvalue weighted by Gasteiger charge is -2.33. The predicted octanol–water partition coefficient (Wildman–Crippen LogP) is 2.41. The number of anilines is 5. The molecule has 2 aliphatic rings. The Morgan fingerprint density at radius 2 is 1.92 bits per heavy atom. The van der Waals surface area contributed by atoms with Crippen molar-refractivity contribution in [1.29, 1.82) is 0 Å². The van der Waals surface area contributed by atoms with Gasteiger partial charge in [0.2, 0.25) is 5.88 Å². The Morgan fingerprint density at radius 3 is 2.67 bits per heavy atom. The highest BCUT2D eigenvalue weighted by atomic mass is 16.5. The molecule has 5 rings (SSSR count). The number of likely N-dealkylation sites (N-methyl/N-ethyl adjacent to an activating group) is 1. The number of aromatic nitrogens is 3. The van der Waals surface area contributed by atoms with E-state index >= 15 is 0 Å². The molecule has 0 radical (unpaired) electrons. The van der Waals surface area contributed by atoms with Crippen molar-refractivity contribution in [1.82, 2.24) is 19.9 Å². The maximum absolute atomic E-state index is 13.2. The van der Waals surface area contributed by atoms with Gasteiger partial charge in [0.25, 0.3) is 11.5 Å². The normalized spacial score (nSPS) is 17.5. The fourth-order valence-electron chi connectivity index (χ4n) is 4.31. The summed E-state index contributed by atoms with van der Waals surface area (Å²) < 4.78 is 5.79. The Morgan fingerprint density at radius 1 is 1.11 bits per heavy atom. The van der Waals surface area contributed by atoms with Crippen LogP contribution in [0.15, 0.2) is 41.6 Å². The molecule has 1 atom stereocenters. The van der Waals surface area contributed by atoms with Crippen LogP contribution in [0.25, 0.3) is 0 Å². The lowest BCUT2D eigenvalue weighted by atomic mass is 10.1. The van der Waals surface area contributed by atoms with Crippen molar-refractivity contribution in [2.45, 2.75) is 20.0 Å². The second-order valence-corrected chi connectivity index (χ2v) is 9.16. The van der Waals surface area contributed by atoms with Gasteiger partial charge in [-0.25, -0.2) is 9.97 Å². The van der Waals surface area contributed by atoms with E-state index in [2.05, 4.69) is 47.7 Å². The van der Waals surface area contributed by atoms with E-state index in [4.69, 9.17) is 4.74 Å². The summed E-state index contributed by atoms with van der Waals surface area (Å²) in [5.41, 5.74) is 2.68. The van der Waals surface area contributed by atoms with E-state index in [1.54, 1.807) is 24.5 Å². The molecule has 1 amide bonds. The molecule has 11 heteroatoms. The summed E-state index contributed by atoms with van der Waals surface area (Å²) >= 11 is 0. The number of H-pyrrole nitrogens is 1. The van der Waals surface area contributed by atoms with E-state index in [0.717, 1.165) is 43.2 Å². The SMILES string of the molecule is Cc1c(Nc2cc[nH]c(=O)c2C(=O)Nc2ccc(N3CCN(C)CC3)nc2)cnc2c1NCC(C)O2. The molecular formula is C25H30N8O3. The molecule has 1 saturated heterocycles. The molecule has 3 aromatic rings. The van der Waals surface area contributed by atoms with Crippen LogP contribution < -0.4 is 31.1 Å². The zero-order valence-electron chi connectivity index (χ0n) is 20.6. The molecule has 36 heavy (non-hydrogen) atoms. The van der Waals surface area contributed by atoms with Crippen LogP contribution in [0.3, 0.4) is 0 Å². The quantitative estimate of drug-likeness (QED) is 0.426. The van der Waals surface area contributed by atoms with E-state index < -0.39 is 11.5 Å². The highest BCUT2D eigenvalue weighted by Gasteiger charge is 2.22. The zero-order valence-corrected chi connectivity index (χ0v) is 20.6. The Kier molecular flexibility index (Phi) is 6.47. The first kappa shape index (κ1) is 23.6. The van der Waals surface area contributed by atoms with Crippen molar-refractivity contribution in [3.63, 3.8) is 0 Å². The third-order valence-electron chi connectivity index (χ3n) is 6.47. The third kappa shape index (κ3) is 4.82. The van der Waals surface area contributed by atoms with Crippen LogP contribution in [0.5, 0.6) is 5.88 Å². The highest BCUT2D eigenvalue weighted by molar-refractivity contribution is 6.08. The Labute approximate surface area is 208 Å². The highest BCUT2D eigenvalue weighted by Crippen LogP contribution is 2.35. The summed E-state index contributed by atoms with van der Waals surface area (Å²) in [5, 5.41) is 9.33. The largest absolute Gasteiger partial charge is 0.471 e. The number of carbonyl (C=O) groups is 1. The fraction of sp³-hybridized carbons (Fsp3) is 0.360. The predicted molar refractivity (Wildman–Crippen MR) is 140 cm³/mol. The summed E-state index contributed by atoms with van der Waals surface area (Å²) in [6, 6.07) is 5.33. The summed E-state index contributed by atoms with van der Waals surface area (Å²) in [7, 11) is 2.10. The Balaban J connectivity index is 1.34. The number of nitrogens with one attached hydrogen (secondary N) is 4. The van der Waals surface area contributed by atoms with Crippen molar-refractivity contribution in [2.75, 3.05) is 60.6 Å². The summed E-state index contributed by atoms with van der Waals surface area (Å²) in [5.74, 6) is 0.865. The minimum absolute atomic E-state index is 0.0244. The number of pyridine rings is 3. The lowest BCUT2D eigenvalue weighted by Crippen LogP contribution is -2.44. The van der Waals surface area contributed by atoms with Gasteiger partial charge in [0.1, 0.15) is 23.2 Å². The summed E-state index contributed by atoms with van der Waals surface area (Å²) in [6.07, 6.45) is 4.77. The summed E-state index contributed by atoms with van der Waals surface area (Å²) in [6.45, 7) is 8.33. The van der Waals surface area contributed by atoms with Crippen molar-refractivity contribution >= 4 is 34.5 Å². The van der Waals surface area contributed by atoms with E-state index in [-0.39, 0.29) is 11.7 Å². The average molecular weight is 491 g/mol. The number of ether oxygens (including phenoxy) is 1. The van der Waals surface area contributed by atoms with Gasteiger partial charge in [0.05, 0.1) is 36.0 Å². The van der Waals surface area contributed by atoms with Crippen LogP contribution in [0.2, 0.25) is 0 Å². The van der Waals surface area contributed by atoms with Gasteiger partial charge in [-0.1, -0.05) is 0 Å². The van der Waals surface area contributed by atoms with Crippen LogP contribution in [0.1, 0.15) is 22.8 Å². The number of nitrogens with zero attached hydrogens (tertiary/aromatic N) is 4. The molecule has 2 aliphatic heterocycles. The van der Waals surface area contributed by atoms with Crippen molar-refractivity contribution in [3.05, 3.63) is 58.3 Å². The standard InChI is InChI=1S/C25H30N8O3/c1-15-12-28-22-16(2)19(14-29-25(22)36-15)31-18-6-7-26-23(34)21(18)24(35)30-17-4-5-20(27-13-17)33-10-8-32(3)9-11-33/h4-7,13-15,28H,8-12H2,1-3H3,(H,30,35)(H2,26,31,34). The summed E-state index contributed by atoms with van der Waals surface area (Å²) in [4.78, 5) is 41.8. The van der Waals surface area contributed by atoms with Gasteiger partial charge in [0.15, 0.2) is 0 Å². The van der Waals surface area contributed by atoms with Crippen LogP contribution in [-0.4, -0.2) is 71.6 Å². The second-order valence-electron chi connectivity index (χ2n) is 9.16. The number of aromatic amines is 1. The van der Waals surface area contributed by atoms with Crippen molar-refractivity contribution < 1.29 is 9.53 Å². The monoisotopic (exact) mass is 490 g/mol. The molecule has 4 N–H and O–H groups in total. The molecule has 1 fully saturated rings. The topological polar surface area (TPSA) is 128 Å². The molecule has 5 heterocycles. The first-order valence-electron chi connectivity index (χ1n) is 12.0. The third-order valence-corrected chi connectivity index (χ3v) is 6.47. The van der Waals surface area contributed by atoms with Crippen LogP contribution in [0, 0.1) is 6.92 Å². The smallest absolute Gasteiger partial charge is 0.263 e. The fourth-order valence-corrected chi connectivity index (χ4v) is 4.31. The number of hydrogen-bond acceptors (Lipinski definition) is 9. The molecule has 0 aliphatic carbocycles. The zero-order chi connectivity index (χ0) is 25.2. The van der Waals surface area contributed by atoms with Gasteiger partial charge in [-0.15, -0.1) is 0 Å². The lowest BCUT2D eigenvalue weighted by molar-refractivity contribution is 0.102. The van der Waals surface area contributed by atoms with Gasteiger partial charge < -0.3 is 35.5 Å². The van der Waals surface area contributed by atoms with Gasteiger partial charge in [-0.05, 0) is 39.1 Å². The maximum Gasteiger partial charge on any atom is 0.263 e. The van der Waals surface area contributed by atoms with E-state index in [9.17, 15) is 9.59 Å². The second kappa shape index (κ2) is 9.86. The minimum atomic E-state index is -0.535. The molecule has 0 bridgehead atoms. The van der Waals surface area contributed by atoms with Gasteiger partial charge in [-0.2, -0.15) is 0 Å². The first-order valence-corrected chi connectivity index (χ1v) is 12.0. The first-order chi connectivity index (χ1) is 17.4. The maximum atomic E-state index is 13.2. The number of piperazine rings is 1. The van der Waals surface area contributed by atoms with Gasteiger partial charge in [0, 0.05) is 37.9 Å². The number of rotatable bonds is 5. The molecule has 0 saturated carbocycles. The van der Waals surface area contributed by atoms with E-state index in [1.807, 2.05) is 19.9 Å².